The number of aromatic nitrogens is 1. The molecule has 20 heavy (non-hydrogen) atoms. The Labute approximate surface area is 113 Å². The van der Waals surface area contributed by atoms with Crippen molar-refractivity contribution in [1.29, 1.82) is 0 Å². The average Bonchev–Trinajstić information content (AvgIpc) is 3.17. The Balaban J connectivity index is 1.97. The van der Waals surface area contributed by atoms with Crippen molar-refractivity contribution < 1.29 is 8.83 Å². The largest absolute Gasteiger partial charge is 0.472 e. The molecule has 1 unspecified atom stereocenters. The molecule has 0 saturated heterocycles. The van der Waals surface area contributed by atoms with Gasteiger partial charge in [-0.15, -0.1) is 0 Å². The van der Waals surface area contributed by atoms with Gasteiger partial charge in [-0.3, -0.25) is 9.98 Å². The van der Waals surface area contributed by atoms with Gasteiger partial charge in [0.1, 0.15) is 5.54 Å². The number of H-pyrrole nitrogens is 1. The number of nitrogens with zero attached hydrogens (tertiary/aromatic N) is 1. The van der Waals surface area contributed by atoms with E-state index in [1.165, 1.54) is 0 Å². The van der Waals surface area contributed by atoms with Gasteiger partial charge in [-0.05, 0) is 35.9 Å². The first kappa shape index (κ1) is 11.0. The summed E-state index contributed by atoms with van der Waals surface area (Å²) in [5, 5.41) is 0. The third-order valence-electron chi connectivity index (χ3n) is 3.52. The number of allylic oxidation sites excluding steroid dienone is 1. The summed E-state index contributed by atoms with van der Waals surface area (Å²) in [4.78, 5) is 18.4. The highest BCUT2D eigenvalue weighted by Crippen LogP contribution is 2.38. The van der Waals surface area contributed by atoms with E-state index in [1.807, 2.05) is 36.4 Å². The topological polar surface area (TPSA) is 71.5 Å². The maximum atomic E-state index is 11.2. The molecule has 3 heterocycles. The van der Waals surface area contributed by atoms with E-state index in [4.69, 9.17) is 8.83 Å². The minimum Gasteiger partial charge on any atom is -0.472 e. The van der Waals surface area contributed by atoms with Crippen molar-refractivity contribution in [2.45, 2.75) is 5.54 Å². The molecular formula is C15H10N2O3. The number of furan rings is 1. The van der Waals surface area contributed by atoms with E-state index >= 15 is 0 Å². The highest BCUT2D eigenvalue weighted by Gasteiger charge is 2.34. The molecule has 0 amide bonds. The molecule has 0 radical (unpaired) electrons. The number of oxazole rings is 1. The van der Waals surface area contributed by atoms with Crippen molar-refractivity contribution in [2.75, 3.05) is 0 Å². The van der Waals surface area contributed by atoms with Crippen molar-refractivity contribution in [3.05, 3.63) is 70.6 Å². The molecule has 0 bridgehead atoms. The summed E-state index contributed by atoms with van der Waals surface area (Å²) >= 11 is 0. The van der Waals surface area contributed by atoms with Crippen molar-refractivity contribution in [2.24, 2.45) is 4.99 Å². The number of fused-ring (bicyclic) bond motifs is 1. The molecule has 0 saturated carbocycles. The molecule has 3 aromatic rings. The Hall–Kier alpha value is -2.82. The first-order valence-corrected chi connectivity index (χ1v) is 6.17. The van der Waals surface area contributed by atoms with Gasteiger partial charge in [0.25, 0.3) is 0 Å². The predicted molar refractivity (Wildman–Crippen MR) is 74.0 cm³/mol. The minimum absolute atomic E-state index is 0.458. The molecule has 0 fully saturated rings. The van der Waals surface area contributed by atoms with Gasteiger partial charge in [0.2, 0.25) is 0 Å². The zero-order chi connectivity index (χ0) is 13.6. The third-order valence-corrected chi connectivity index (χ3v) is 3.52. The van der Waals surface area contributed by atoms with Crippen LogP contribution in [0, 0.1) is 0 Å². The molecule has 0 aliphatic carbocycles. The van der Waals surface area contributed by atoms with Gasteiger partial charge < -0.3 is 8.83 Å². The Bertz CT molecular complexity index is 869. The summed E-state index contributed by atoms with van der Waals surface area (Å²) in [6, 6.07) is 7.45. The van der Waals surface area contributed by atoms with Crippen LogP contribution in [-0.2, 0) is 5.54 Å². The molecule has 1 aliphatic rings. The number of hydrogen-bond acceptors (Lipinski definition) is 4. The second-order valence-electron chi connectivity index (χ2n) is 4.64. The van der Waals surface area contributed by atoms with Gasteiger partial charge in [-0.25, -0.2) is 4.79 Å². The predicted octanol–water partition coefficient (Wildman–Crippen LogP) is 2.60. The van der Waals surface area contributed by atoms with E-state index in [1.54, 1.807) is 18.7 Å². The van der Waals surface area contributed by atoms with Crippen molar-refractivity contribution >= 4 is 17.3 Å². The van der Waals surface area contributed by atoms with Crippen LogP contribution < -0.4 is 5.76 Å². The quantitative estimate of drug-likeness (QED) is 0.775. The number of aromatic amines is 1. The lowest BCUT2D eigenvalue weighted by Crippen LogP contribution is -2.19. The molecule has 2 aromatic heterocycles. The summed E-state index contributed by atoms with van der Waals surface area (Å²) in [5.74, 6) is -0.458. The lowest BCUT2D eigenvalue weighted by atomic mass is 9.85. The lowest BCUT2D eigenvalue weighted by molar-refractivity contribution is 0.550. The number of hydrogen-bond donors (Lipinski definition) is 1. The normalized spacial score (nSPS) is 21.0. The molecule has 5 nitrogen and oxygen atoms in total. The average molecular weight is 266 g/mol. The molecule has 1 atom stereocenters. The molecule has 5 heteroatoms. The number of benzene rings is 1. The van der Waals surface area contributed by atoms with E-state index in [9.17, 15) is 4.79 Å². The SMILES string of the molecule is O=c1[nH]c2ccc(C3(c4ccoc4)C=CC=N3)cc2o1. The van der Waals surface area contributed by atoms with E-state index in [0.29, 0.717) is 11.1 Å². The third kappa shape index (κ3) is 1.43. The van der Waals surface area contributed by atoms with Gasteiger partial charge >= 0.3 is 5.76 Å². The monoisotopic (exact) mass is 266 g/mol. The van der Waals surface area contributed by atoms with Crippen molar-refractivity contribution in [1.82, 2.24) is 4.98 Å². The van der Waals surface area contributed by atoms with Gasteiger partial charge in [0.15, 0.2) is 5.58 Å². The summed E-state index contributed by atoms with van der Waals surface area (Å²) in [6.45, 7) is 0. The fraction of sp³-hybridized carbons (Fsp3) is 0.0667. The van der Waals surface area contributed by atoms with Crippen LogP contribution in [0.4, 0.5) is 0 Å². The lowest BCUT2D eigenvalue weighted by Gasteiger charge is -2.23. The fourth-order valence-electron chi connectivity index (χ4n) is 2.56. The maximum Gasteiger partial charge on any atom is 0.417 e. The van der Waals surface area contributed by atoms with Gasteiger partial charge in [-0.2, -0.15) is 0 Å². The Morgan fingerprint density at radius 3 is 2.90 bits per heavy atom. The Kier molecular flexibility index (Phi) is 2.12. The zero-order valence-electron chi connectivity index (χ0n) is 10.4. The fourth-order valence-corrected chi connectivity index (χ4v) is 2.56. The number of nitrogens with one attached hydrogen (secondary N) is 1. The molecular weight excluding hydrogens is 256 g/mol. The summed E-state index contributed by atoms with van der Waals surface area (Å²) < 4.78 is 10.3. The highest BCUT2D eigenvalue weighted by atomic mass is 16.4. The smallest absolute Gasteiger partial charge is 0.417 e. The maximum absolute atomic E-state index is 11.2. The van der Waals surface area contributed by atoms with Crippen LogP contribution >= 0.6 is 0 Å². The van der Waals surface area contributed by atoms with E-state index < -0.39 is 11.3 Å². The molecule has 0 spiro atoms. The van der Waals surface area contributed by atoms with E-state index in [2.05, 4.69) is 9.98 Å². The van der Waals surface area contributed by atoms with Crippen LogP contribution in [0.5, 0.6) is 0 Å². The molecule has 1 aliphatic heterocycles. The molecule has 98 valence electrons. The second kappa shape index (κ2) is 3.84. The van der Waals surface area contributed by atoms with Gasteiger partial charge in [0.05, 0.1) is 18.0 Å². The first-order chi connectivity index (χ1) is 9.78. The minimum atomic E-state index is -0.614. The first-order valence-electron chi connectivity index (χ1n) is 6.17. The van der Waals surface area contributed by atoms with Crippen LogP contribution in [0.15, 0.2) is 67.6 Å². The molecule has 1 aromatic carbocycles. The van der Waals surface area contributed by atoms with Crippen LogP contribution in [0.3, 0.4) is 0 Å². The van der Waals surface area contributed by atoms with Crippen molar-refractivity contribution in [3.63, 3.8) is 0 Å². The molecule has 1 N–H and O–H groups in total. The Morgan fingerprint density at radius 1 is 1.20 bits per heavy atom. The standard InChI is InChI=1S/C15H10N2O3/c18-14-17-12-3-2-10(8-13(12)20-14)15(5-1-6-16-15)11-4-7-19-9-11/h1-9H,(H,17,18). The van der Waals surface area contributed by atoms with Crippen LogP contribution in [0.25, 0.3) is 11.1 Å². The van der Waals surface area contributed by atoms with Crippen molar-refractivity contribution in [3.8, 4) is 0 Å². The second-order valence-corrected chi connectivity index (χ2v) is 4.64. The summed E-state index contributed by atoms with van der Waals surface area (Å²) in [6.07, 6.45) is 8.93. The van der Waals surface area contributed by atoms with E-state index in [-0.39, 0.29) is 0 Å². The summed E-state index contributed by atoms with van der Waals surface area (Å²) in [7, 11) is 0. The van der Waals surface area contributed by atoms with Gasteiger partial charge in [-0.1, -0.05) is 6.07 Å². The molecule has 4 rings (SSSR count). The number of aliphatic imine (C=N–C) groups is 1. The van der Waals surface area contributed by atoms with E-state index in [0.717, 1.165) is 11.1 Å². The highest BCUT2D eigenvalue weighted by molar-refractivity contribution is 5.79. The van der Waals surface area contributed by atoms with Gasteiger partial charge in [0, 0.05) is 11.8 Å². The Morgan fingerprint density at radius 2 is 2.15 bits per heavy atom. The van der Waals surface area contributed by atoms with Crippen LogP contribution in [0.2, 0.25) is 0 Å². The number of rotatable bonds is 2. The van der Waals surface area contributed by atoms with Crippen LogP contribution in [0.1, 0.15) is 11.1 Å². The summed E-state index contributed by atoms with van der Waals surface area (Å²) in [5.41, 5.74) is 2.42. The van der Waals surface area contributed by atoms with Crippen LogP contribution in [-0.4, -0.2) is 11.2 Å². The zero-order valence-corrected chi connectivity index (χ0v) is 10.4.